The van der Waals surface area contributed by atoms with E-state index < -0.39 is 0 Å². The number of ether oxygens (including phenoxy) is 1. The maximum atomic E-state index is 6.07. The van der Waals surface area contributed by atoms with E-state index in [-0.39, 0.29) is 6.04 Å². The number of nitrogens with zero attached hydrogens (tertiary/aromatic N) is 1. The SMILES string of the molecule is CCC(N)Cc1cccc(C)c1OCc1ccc(Br)cn1. The van der Waals surface area contributed by atoms with Crippen molar-refractivity contribution in [3.63, 3.8) is 0 Å². The molecule has 4 heteroatoms. The molecule has 21 heavy (non-hydrogen) atoms. The van der Waals surface area contributed by atoms with E-state index in [4.69, 9.17) is 10.5 Å². The van der Waals surface area contributed by atoms with Gasteiger partial charge in [-0.25, -0.2) is 0 Å². The summed E-state index contributed by atoms with van der Waals surface area (Å²) in [5.74, 6) is 0.936. The zero-order valence-electron chi connectivity index (χ0n) is 12.5. The first-order valence-corrected chi connectivity index (χ1v) is 7.96. The third-order valence-electron chi connectivity index (χ3n) is 3.45. The highest BCUT2D eigenvalue weighted by Gasteiger charge is 2.10. The first-order chi connectivity index (χ1) is 10.1. The van der Waals surface area contributed by atoms with Crippen LogP contribution in [-0.4, -0.2) is 11.0 Å². The minimum Gasteiger partial charge on any atom is -0.487 e. The Bertz CT molecular complexity index is 584. The highest BCUT2D eigenvalue weighted by molar-refractivity contribution is 9.10. The monoisotopic (exact) mass is 348 g/mol. The molecule has 2 rings (SSSR count). The lowest BCUT2D eigenvalue weighted by Gasteiger charge is -2.16. The molecule has 0 bridgehead atoms. The number of pyridine rings is 1. The highest BCUT2D eigenvalue weighted by atomic mass is 79.9. The second-order valence-corrected chi connectivity index (χ2v) is 6.11. The Balaban J connectivity index is 2.12. The number of nitrogens with two attached hydrogens (primary N) is 1. The largest absolute Gasteiger partial charge is 0.487 e. The fraction of sp³-hybridized carbons (Fsp3) is 0.353. The van der Waals surface area contributed by atoms with Gasteiger partial charge in [0.05, 0.1) is 5.69 Å². The highest BCUT2D eigenvalue weighted by Crippen LogP contribution is 2.25. The number of hydrogen-bond donors (Lipinski definition) is 1. The van der Waals surface area contributed by atoms with Crippen LogP contribution in [0.2, 0.25) is 0 Å². The quantitative estimate of drug-likeness (QED) is 0.857. The van der Waals surface area contributed by atoms with E-state index in [2.05, 4.69) is 53.0 Å². The Labute approximate surface area is 134 Å². The van der Waals surface area contributed by atoms with Crippen LogP contribution >= 0.6 is 15.9 Å². The zero-order valence-corrected chi connectivity index (χ0v) is 14.1. The number of para-hydroxylation sites is 1. The molecule has 1 aromatic heterocycles. The molecule has 1 heterocycles. The van der Waals surface area contributed by atoms with Crippen LogP contribution in [0.1, 0.15) is 30.2 Å². The van der Waals surface area contributed by atoms with Crippen LogP contribution in [0.3, 0.4) is 0 Å². The summed E-state index contributed by atoms with van der Waals surface area (Å²) in [6, 6.07) is 10.3. The van der Waals surface area contributed by atoms with Gasteiger partial charge < -0.3 is 10.5 Å². The summed E-state index contributed by atoms with van der Waals surface area (Å²) in [4.78, 5) is 4.33. The summed E-state index contributed by atoms with van der Waals surface area (Å²) in [5, 5.41) is 0. The molecule has 112 valence electrons. The normalized spacial score (nSPS) is 12.2. The van der Waals surface area contributed by atoms with Crippen molar-refractivity contribution in [1.29, 1.82) is 0 Å². The second kappa shape index (κ2) is 7.57. The van der Waals surface area contributed by atoms with E-state index in [1.165, 1.54) is 5.56 Å². The van der Waals surface area contributed by atoms with Crippen LogP contribution in [0.25, 0.3) is 0 Å². The Morgan fingerprint density at radius 3 is 2.76 bits per heavy atom. The Hall–Kier alpha value is -1.39. The van der Waals surface area contributed by atoms with Crippen molar-refractivity contribution < 1.29 is 4.74 Å². The lowest BCUT2D eigenvalue weighted by Crippen LogP contribution is -2.21. The Kier molecular flexibility index (Phi) is 5.76. The van der Waals surface area contributed by atoms with E-state index >= 15 is 0 Å². The number of rotatable bonds is 6. The van der Waals surface area contributed by atoms with Crippen molar-refractivity contribution >= 4 is 15.9 Å². The first-order valence-electron chi connectivity index (χ1n) is 7.17. The van der Waals surface area contributed by atoms with Gasteiger partial charge in [0, 0.05) is 16.7 Å². The molecule has 2 aromatic rings. The zero-order chi connectivity index (χ0) is 15.2. The van der Waals surface area contributed by atoms with E-state index in [9.17, 15) is 0 Å². The number of aryl methyl sites for hydroxylation is 1. The van der Waals surface area contributed by atoms with Crippen LogP contribution in [0.4, 0.5) is 0 Å². The molecular weight excluding hydrogens is 328 g/mol. The fourth-order valence-corrected chi connectivity index (χ4v) is 2.38. The molecular formula is C17H21BrN2O. The van der Waals surface area contributed by atoms with Gasteiger partial charge in [-0.05, 0) is 59.0 Å². The molecule has 2 N–H and O–H groups in total. The summed E-state index contributed by atoms with van der Waals surface area (Å²) in [7, 11) is 0. The van der Waals surface area contributed by atoms with Crippen LogP contribution in [0.15, 0.2) is 41.0 Å². The lowest BCUT2D eigenvalue weighted by atomic mass is 10.0. The van der Waals surface area contributed by atoms with Crippen LogP contribution in [0, 0.1) is 6.92 Å². The molecule has 0 saturated heterocycles. The molecule has 0 aliphatic carbocycles. The average molecular weight is 349 g/mol. The van der Waals surface area contributed by atoms with Crippen molar-refractivity contribution in [2.24, 2.45) is 5.73 Å². The number of benzene rings is 1. The van der Waals surface area contributed by atoms with Crippen LogP contribution < -0.4 is 10.5 Å². The van der Waals surface area contributed by atoms with Gasteiger partial charge in [-0.1, -0.05) is 25.1 Å². The van der Waals surface area contributed by atoms with E-state index in [0.29, 0.717) is 6.61 Å². The van der Waals surface area contributed by atoms with Crippen molar-refractivity contribution in [1.82, 2.24) is 4.98 Å². The number of hydrogen-bond acceptors (Lipinski definition) is 3. The Morgan fingerprint density at radius 1 is 1.29 bits per heavy atom. The predicted octanol–water partition coefficient (Wildman–Crippen LogP) is 4.01. The third kappa shape index (κ3) is 4.55. The van der Waals surface area contributed by atoms with Gasteiger partial charge in [0.1, 0.15) is 12.4 Å². The summed E-state index contributed by atoms with van der Waals surface area (Å²) in [6.45, 7) is 4.63. The van der Waals surface area contributed by atoms with Gasteiger partial charge in [-0.3, -0.25) is 4.98 Å². The summed E-state index contributed by atoms with van der Waals surface area (Å²) >= 11 is 3.38. The van der Waals surface area contributed by atoms with E-state index in [0.717, 1.165) is 34.3 Å². The molecule has 0 fully saturated rings. The van der Waals surface area contributed by atoms with Crippen LogP contribution in [0.5, 0.6) is 5.75 Å². The molecule has 1 atom stereocenters. The predicted molar refractivity (Wildman–Crippen MR) is 89.4 cm³/mol. The molecule has 1 aromatic carbocycles. The summed E-state index contributed by atoms with van der Waals surface area (Å²) in [6.07, 6.45) is 3.58. The maximum Gasteiger partial charge on any atom is 0.130 e. The first kappa shape index (κ1) is 16.0. The third-order valence-corrected chi connectivity index (χ3v) is 3.92. The lowest BCUT2D eigenvalue weighted by molar-refractivity contribution is 0.295. The molecule has 1 unspecified atom stereocenters. The molecule has 0 spiro atoms. The smallest absolute Gasteiger partial charge is 0.130 e. The molecule has 3 nitrogen and oxygen atoms in total. The maximum absolute atomic E-state index is 6.07. The van der Waals surface area contributed by atoms with Gasteiger partial charge in [0.2, 0.25) is 0 Å². The molecule has 0 aliphatic rings. The van der Waals surface area contributed by atoms with Crippen molar-refractivity contribution in [3.8, 4) is 5.75 Å². The van der Waals surface area contributed by atoms with Gasteiger partial charge in [0.15, 0.2) is 0 Å². The van der Waals surface area contributed by atoms with Gasteiger partial charge >= 0.3 is 0 Å². The van der Waals surface area contributed by atoms with Gasteiger partial charge in [-0.2, -0.15) is 0 Å². The molecule has 0 radical (unpaired) electrons. The molecule has 0 amide bonds. The van der Waals surface area contributed by atoms with Gasteiger partial charge in [0.25, 0.3) is 0 Å². The van der Waals surface area contributed by atoms with Crippen molar-refractivity contribution in [3.05, 3.63) is 57.8 Å². The van der Waals surface area contributed by atoms with Crippen LogP contribution in [-0.2, 0) is 13.0 Å². The van der Waals surface area contributed by atoms with Crippen molar-refractivity contribution in [2.75, 3.05) is 0 Å². The topological polar surface area (TPSA) is 48.1 Å². The van der Waals surface area contributed by atoms with Gasteiger partial charge in [-0.15, -0.1) is 0 Å². The fourth-order valence-electron chi connectivity index (χ4n) is 2.15. The second-order valence-electron chi connectivity index (χ2n) is 5.19. The minimum absolute atomic E-state index is 0.167. The average Bonchev–Trinajstić information content (AvgIpc) is 2.48. The van der Waals surface area contributed by atoms with E-state index in [1.807, 2.05) is 12.1 Å². The summed E-state index contributed by atoms with van der Waals surface area (Å²) in [5.41, 5.74) is 9.28. The molecule has 0 saturated carbocycles. The molecule has 0 aliphatic heterocycles. The standard InChI is InChI=1S/C17H21BrN2O/c1-3-15(19)9-13-6-4-5-12(2)17(13)21-11-16-8-7-14(18)10-20-16/h4-8,10,15H,3,9,11,19H2,1-2H3. The Morgan fingerprint density at radius 2 is 2.10 bits per heavy atom. The van der Waals surface area contributed by atoms with Crippen molar-refractivity contribution in [2.45, 2.75) is 39.3 Å². The summed E-state index contributed by atoms with van der Waals surface area (Å²) < 4.78 is 6.98. The number of aromatic nitrogens is 1. The minimum atomic E-state index is 0.167. The number of halogens is 1. The van der Waals surface area contributed by atoms with E-state index in [1.54, 1.807) is 6.20 Å².